The Morgan fingerprint density at radius 3 is 2.60 bits per heavy atom. The number of aromatic nitrogens is 1. The van der Waals surface area contributed by atoms with E-state index in [1.807, 2.05) is 42.5 Å². The zero-order valence-electron chi connectivity index (χ0n) is 21.0. The fourth-order valence-corrected chi connectivity index (χ4v) is 4.66. The summed E-state index contributed by atoms with van der Waals surface area (Å²) < 4.78 is 44.8. The fourth-order valence-electron chi connectivity index (χ4n) is 3.93. The topological polar surface area (TPSA) is 75.6 Å². The summed E-state index contributed by atoms with van der Waals surface area (Å²) in [4.78, 5) is 16.7. The lowest BCUT2D eigenvalue weighted by Gasteiger charge is -2.10. The number of amides is 1. The number of anilines is 2. The molecule has 10 heteroatoms. The van der Waals surface area contributed by atoms with Crippen molar-refractivity contribution in [3.63, 3.8) is 0 Å². The van der Waals surface area contributed by atoms with Crippen molar-refractivity contribution >= 4 is 45.0 Å². The number of halogens is 3. The molecule has 0 fully saturated rings. The van der Waals surface area contributed by atoms with Crippen LogP contribution in [0.2, 0.25) is 0 Å². The molecule has 0 saturated carbocycles. The quantitative estimate of drug-likeness (QED) is 0.146. The Kier molecular flexibility index (Phi) is 8.07. The highest BCUT2D eigenvalue weighted by Crippen LogP contribution is 2.32. The largest absolute Gasteiger partial charge is 0.488 e. The molecule has 0 spiro atoms. The first-order valence-corrected chi connectivity index (χ1v) is 13.1. The van der Waals surface area contributed by atoms with Crippen LogP contribution in [0, 0.1) is 0 Å². The van der Waals surface area contributed by atoms with E-state index in [0.29, 0.717) is 28.7 Å². The van der Waals surface area contributed by atoms with Crippen molar-refractivity contribution in [2.75, 3.05) is 5.32 Å². The van der Waals surface area contributed by atoms with Crippen LogP contribution in [0.1, 0.15) is 22.4 Å². The Morgan fingerprint density at radius 1 is 0.950 bits per heavy atom. The van der Waals surface area contributed by atoms with Crippen LogP contribution < -0.4 is 15.5 Å². The van der Waals surface area contributed by atoms with Gasteiger partial charge in [0, 0.05) is 16.6 Å². The molecule has 4 aromatic carbocycles. The van der Waals surface area contributed by atoms with Gasteiger partial charge >= 0.3 is 6.18 Å². The normalized spacial score (nSPS) is 11.6. The van der Waals surface area contributed by atoms with Crippen LogP contribution in [0.4, 0.5) is 24.0 Å². The number of hydrogen-bond acceptors (Lipinski definition) is 6. The number of carbonyl (C=O) groups is 1. The molecular formula is C30H23F3N4O2S. The maximum absolute atomic E-state index is 12.9. The second-order valence-electron chi connectivity index (χ2n) is 8.83. The minimum absolute atomic E-state index is 0.0434. The van der Waals surface area contributed by atoms with Gasteiger partial charge in [0.2, 0.25) is 5.91 Å². The van der Waals surface area contributed by atoms with E-state index >= 15 is 0 Å². The van der Waals surface area contributed by atoms with Gasteiger partial charge in [-0.05, 0) is 52.7 Å². The molecule has 202 valence electrons. The van der Waals surface area contributed by atoms with E-state index in [1.165, 1.54) is 29.7 Å². The number of para-hydroxylation sites is 1. The lowest BCUT2D eigenvalue weighted by molar-refractivity contribution is -0.137. The van der Waals surface area contributed by atoms with Crippen molar-refractivity contribution in [2.45, 2.75) is 19.2 Å². The van der Waals surface area contributed by atoms with Crippen LogP contribution in [0.3, 0.4) is 0 Å². The summed E-state index contributed by atoms with van der Waals surface area (Å²) in [5, 5.41) is 11.2. The predicted molar refractivity (Wildman–Crippen MR) is 151 cm³/mol. The Morgan fingerprint density at radius 2 is 1.75 bits per heavy atom. The number of hydrazone groups is 1. The molecular weight excluding hydrogens is 537 g/mol. The predicted octanol–water partition coefficient (Wildman–Crippen LogP) is 7.33. The molecule has 0 aliphatic heterocycles. The SMILES string of the molecule is O=C(Cc1csc(Nc2cccc(C(F)(F)F)c2)n1)N/N=C\c1ccccc1OCc1ccc2ccccc2c1. The highest BCUT2D eigenvalue weighted by Gasteiger charge is 2.30. The van der Waals surface area contributed by atoms with Crippen LogP contribution in [-0.4, -0.2) is 17.1 Å². The maximum Gasteiger partial charge on any atom is 0.416 e. The molecule has 0 unspecified atom stereocenters. The van der Waals surface area contributed by atoms with Crippen LogP contribution in [0.25, 0.3) is 10.8 Å². The van der Waals surface area contributed by atoms with E-state index in [1.54, 1.807) is 5.38 Å². The lowest BCUT2D eigenvalue weighted by Crippen LogP contribution is -2.20. The number of rotatable bonds is 9. The molecule has 0 atom stereocenters. The minimum Gasteiger partial charge on any atom is -0.488 e. The smallest absolute Gasteiger partial charge is 0.416 e. The van der Waals surface area contributed by atoms with E-state index < -0.39 is 11.7 Å². The second-order valence-corrected chi connectivity index (χ2v) is 9.68. The van der Waals surface area contributed by atoms with Gasteiger partial charge in [-0.2, -0.15) is 18.3 Å². The van der Waals surface area contributed by atoms with Gasteiger partial charge in [-0.3, -0.25) is 4.79 Å². The number of ether oxygens (including phenoxy) is 1. The van der Waals surface area contributed by atoms with Gasteiger partial charge in [0.1, 0.15) is 12.4 Å². The third-order valence-corrected chi connectivity index (χ3v) is 6.66. The molecule has 1 aromatic heterocycles. The summed E-state index contributed by atoms with van der Waals surface area (Å²) >= 11 is 1.19. The molecule has 40 heavy (non-hydrogen) atoms. The third kappa shape index (κ3) is 7.03. The van der Waals surface area contributed by atoms with Gasteiger partial charge in [0.05, 0.1) is 23.9 Å². The number of thiazole rings is 1. The first-order chi connectivity index (χ1) is 19.3. The molecule has 1 amide bonds. The van der Waals surface area contributed by atoms with Crippen molar-refractivity contribution in [1.82, 2.24) is 10.4 Å². The number of benzene rings is 4. The summed E-state index contributed by atoms with van der Waals surface area (Å²) in [6, 6.07) is 26.5. The zero-order valence-corrected chi connectivity index (χ0v) is 21.8. The monoisotopic (exact) mass is 560 g/mol. The Bertz CT molecular complexity index is 1670. The van der Waals surface area contributed by atoms with E-state index in [9.17, 15) is 18.0 Å². The molecule has 2 N–H and O–H groups in total. The van der Waals surface area contributed by atoms with Gasteiger partial charge in [-0.1, -0.05) is 54.6 Å². The van der Waals surface area contributed by atoms with Gasteiger partial charge in [0.25, 0.3) is 0 Å². The summed E-state index contributed by atoms with van der Waals surface area (Å²) in [6.07, 6.45) is -2.97. The second kappa shape index (κ2) is 12.0. The standard InChI is InChI=1S/C30H23F3N4O2S/c31-30(32,33)24-9-5-10-25(15-24)35-29-36-26(19-40-29)16-28(38)37-34-17-23-8-3-4-11-27(23)39-18-20-12-13-21-6-1-2-7-22(21)14-20/h1-15,17,19H,16,18H2,(H,35,36)(H,37,38)/b34-17-. The minimum atomic E-state index is -4.44. The van der Waals surface area contributed by atoms with Crippen LogP contribution in [-0.2, 0) is 24.0 Å². The molecule has 0 radical (unpaired) electrons. The number of hydrogen-bond donors (Lipinski definition) is 2. The van der Waals surface area contributed by atoms with Crippen molar-refractivity contribution in [3.8, 4) is 5.75 Å². The summed E-state index contributed by atoms with van der Waals surface area (Å²) in [6.45, 7) is 0.378. The highest BCUT2D eigenvalue weighted by atomic mass is 32.1. The highest BCUT2D eigenvalue weighted by molar-refractivity contribution is 7.13. The van der Waals surface area contributed by atoms with Crippen LogP contribution in [0.15, 0.2) is 101 Å². The van der Waals surface area contributed by atoms with E-state index in [0.717, 1.165) is 28.5 Å². The van der Waals surface area contributed by atoms with Crippen molar-refractivity contribution < 1.29 is 22.7 Å². The average Bonchev–Trinajstić information content (AvgIpc) is 3.38. The molecule has 0 bridgehead atoms. The molecule has 0 aliphatic rings. The van der Waals surface area contributed by atoms with E-state index in [4.69, 9.17) is 4.74 Å². The first kappa shape index (κ1) is 26.9. The van der Waals surface area contributed by atoms with Crippen molar-refractivity contribution in [2.24, 2.45) is 5.10 Å². The van der Waals surface area contributed by atoms with E-state index in [2.05, 4.69) is 45.1 Å². The maximum atomic E-state index is 12.9. The number of fused-ring (bicyclic) bond motifs is 1. The Balaban J connectivity index is 1.15. The number of carbonyl (C=O) groups excluding carboxylic acids is 1. The number of nitrogens with one attached hydrogen (secondary N) is 2. The van der Waals surface area contributed by atoms with Crippen LogP contribution >= 0.6 is 11.3 Å². The molecule has 5 aromatic rings. The lowest BCUT2D eigenvalue weighted by atomic mass is 10.1. The van der Waals surface area contributed by atoms with Gasteiger partial charge in [0.15, 0.2) is 5.13 Å². The molecule has 1 heterocycles. The summed E-state index contributed by atoms with van der Waals surface area (Å²) in [5.41, 5.74) is 4.17. The third-order valence-electron chi connectivity index (χ3n) is 5.85. The first-order valence-electron chi connectivity index (χ1n) is 12.2. The Hall–Kier alpha value is -4.70. The van der Waals surface area contributed by atoms with Gasteiger partial charge < -0.3 is 10.1 Å². The Labute approximate surface area is 232 Å². The van der Waals surface area contributed by atoms with Crippen molar-refractivity contribution in [3.05, 3.63) is 119 Å². The number of alkyl halides is 3. The van der Waals surface area contributed by atoms with Crippen LogP contribution in [0.5, 0.6) is 5.75 Å². The number of nitrogens with zero attached hydrogens (tertiary/aromatic N) is 2. The zero-order chi connectivity index (χ0) is 28.0. The summed E-state index contributed by atoms with van der Waals surface area (Å²) in [5.74, 6) is 0.236. The van der Waals surface area contributed by atoms with E-state index in [-0.39, 0.29) is 18.0 Å². The average molecular weight is 561 g/mol. The van der Waals surface area contributed by atoms with Crippen molar-refractivity contribution in [1.29, 1.82) is 0 Å². The fraction of sp³-hybridized carbons (Fsp3) is 0.100. The molecule has 5 rings (SSSR count). The summed E-state index contributed by atoms with van der Waals surface area (Å²) in [7, 11) is 0. The van der Waals surface area contributed by atoms with Gasteiger partial charge in [-0.25, -0.2) is 10.4 Å². The molecule has 6 nitrogen and oxygen atoms in total. The molecule has 0 aliphatic carbocycles. The van der Waals surface area contributed by atoms with Gasteiger partial charge in [-0.15, -0.1) is 11.3 Å². The molecule has 0 saturated heterocycles.